The molecule has 68 valence electrons. The molecule has 1 unspecified atom stereocenters. The number of hydrogen-bond acceptors (Lipinski definition) is 2. The van der Waals surface area contributed by atoms with Crippen molar-refractivity contribution in [3.05, 3.63) is 12.3 Å². The number of aliphatic hydroxyl groups excluding tert-OH is 1. The Morgan fingerprint density at radius 3 is 3.17 bits per heavy atom. The fraction of sp³-hybridized carbons (Fsp3) is 0.667. The first-order valence-corrected chi connectivity index (χ1v) is 4.41. The summed E-state index contributed by atoms with van der Waals surface area (Å²) in [5, 5.41) is 11.3. The van der Waals surface area contributed by atoms with Gasteiger partial charge in [-0.3, -0.25) is 4.79 Å². The molecule has 0 aromatic carbocycles. The topological polar surface area (TPSA) is 49.3 Å². The molecule has 1 amide bonds. The molecule has 1 atom stereocenters. The van der Waals surface area contributed by atoms with Crippen LogP contribution in [0.3, 0.4) is 0 Å². The van der Waals surface area contributed by atoms with E-state index in [-0.39, 0.29) is 11.8 Å². The zero-order valence-corrected chi connectivity index (χ0v) is 7.12. The highest BCUT2D eigenvalue weighted by Gasteiger charge is 2.18. The van der Waals surface area contributed by atoms with Gasteiger partial charge in [0.05, 0.1) is 6.26 Å². The maximum absolute atomic E-state index is 11.3. The van der Waals surface area contributed by atoms with Crippen molar-refractivity contribution in [3.8, 4) is 0 Å². The van der Waals surface area contributed by atoms with E-state index in [2.05, 4.69) is 5.32 Å². The fourth-order valence-electron chi connectivity index (χ4n) is 1.45. The molecular weight excluding hydrogens is 154 g/mol. The number of hydrogen-bond donors (Lipinski definition) is 2. The van der Waals surface area contributed by atoms with Gasteiger partial charge in [0.15, 0.2) is 0 Å². The first kappa shape index (κ1) is 9.10. The summed E-state index contributed by atoms with van der Waals surface area (Å²) < 4.78 is 0. The van der Waals surface area contributed by atoms with E-state index in [4.69, 9.17) is 5.11 Å². The minimum atomic E-state index is 0.0656. The first-order valence-electron chi connectivity index (χ1n) is 4.41. The van der Waals surface area contributed by atoms with Crippen molar-refractivity contribution >= 4 is 5.91 Å². The van der Waals surface area contributed by atoms with Crippen molar-refractivity contribution in [2.45, 2.75) is 25.7 Å². The zero-order valence-electron chi connectivity index (χ0n) is 7.12. The van der Waals surface area contributed by atoms with Gasteiger partial charge in [0.2, 0.25) is 5.91 Å². The van der Waals surface area contributed by atoms with Crippen LogP contribution in [0.15, 0.2) is 12.3 Å². The van der Waals surface area contributed by atoms with Gasteiger partial charge < -0.3 is 10.4 Å². The molecule has 2 N–H and O–H groups in total. The van der Waals surface area contributed by atoms with Crippen molar-refractivity contribution in [2.75, 3.05) is 6.54 Å². The molecule has 0 aromatic heterocycles. The summed E-state index contributed by atoms with van der Waals surface area (Å²) in [6, 6.07) is 0. The summed E-state index contributed by atoms with van der Waals surface area (Å²) in [7, 11) is 0. The van der Waals surface area contributed by atoms with Gasteiger partial charge in [0, 0.05) is 12.5 Å². The van der Waals surface area contributed by atoms with Crippen LogP contribution in [0, 0.1) is 5.92 Å². The Morgan fingerprint density at radius 1 is 1.58 bits per heavy atom. The Hall–Kier alpha value is -0.990. The fourth-order valence-corrected chi connectivity index (χ4v) is 1.45. The number of rotatable bonds is 2. The van der Waals surface area contributed by atoms with Gasteiger partial charge in [0.1, 0.15) is 0 Å². The number of carbonyl (C=O) groups is 1. The molecule has 1 aliphatic heterocycles. The Morgan fingerprint density at radius 2 is 2.42 bits per heavy atom. The predicted octanol–water partition coefficient (Wildman–Crippen LogP) is 1.36. The normalized spacial score (nSPS) is 25.3. The molecule has 0 saturated carbocycles. The highest BCUT2D eigenvalue weighted by molar-refractivity contribution is 5.78. The third-order valence-corrected chi connectivity index (χ3v) is 2.18. The van der Waals surface area contributed by atoms with Gasteiger partial charge in [-0.15, -0.1) is 0 Å². The molecule has 12 heavy (non-hydrogen) atoms. The number of amides is 1. The molecule has 3 heteroatoms. The average molecular weight is 169 g/mol. The van der Waals surface area contributed by atoms with E-state index in [0.717, 1.165) is 32.1 Å². The summed E-state index contributed by atoms with van der Waals surface area (Å²) in [6.07, 6.45) is 6.42. The quantitative estimate of drug-likeness (QED) is 0.613. The molecule has 1 aliphatic rings. The lowest BCUT2D eigenvalue weighted by atomic mass is 9.99. The molecule has 1 rings (SSSR count). The van der Waals surface area contributed by atoms with Gasteiger partial charge in [-0.25, -0.2) is 0 Å². The van der Waals surface area contributed by atoms with Gasteiger partial charge in [-0.1, -0.05) is 6.42 Å². The summed E-state index contributed by atoms with van der Waals surface area (Å²) in [4.78, 5) is 11.3. The van der Waals surface area contributed by atoms with Crippen molar-refractivity contribution in [2.24, 2.45) is 5.92 Å². The van der Waals surface area contributed by atoms with E-state index in [1.807, 2.05) is 0 Å². The number of carbonyl (C=O) groups excluding carboxylic acids is 1. The molecule has 0 spiro atoms. The minimum Gasteiger partial charge on any atom is -0.516 e. The first-order chi connectivity index (χ1) is 5.84. The number of nitrogens with one attached hydrogen (secondary N) is 1. The Balaban J connectivity index is 2.42. The van der Waals surface area contributed by atoms with Crippen LogP contribution in [-0.4, -0.2) is 17.6 Å². The monoisotopic (exact) mass is 169 g/mol. The van der Waals surface area contributed by atoms with Gasteiger partial charge >= 0.3 is 0 Å². The van der Waals surface area contributed by atoms with Crippen LogP contribution in [0.1, 0.15) is 25.7 Å². The van der Waals surface area contributed by atoms with Gasteiger partial charge in [-0.2, -0.15) is 0 Å². The zero-order chi connectivity index (χ0) is 8.81. The van der Waals surface area contributed by atoms with Crippen LogP contribution in [0.25, 0.3) is 0 Å². The lowest BCUT2D eigenvalue weighted by Gasteiger charge is -2.09. The van der Waals surface area contributed by atoms with Crippen LogP contribution in [0.5, 0.6) is 0 Å². The molecule has 3 nitrogen and oxygen atoms in total. The summed E-state index contributed by atoms with van der Waals surface area (Å²) in [5.41, 5.74) is 0. The highest BCUT2D eigenvalue weighted by atomic mass is 16.2. The lowest BCUT2D eigenvalue weighted by Crippen LogP contribution is -2.28. The van der Waals surface area contributed by atoms with Crippen molar-refractivity contribution < 1.29 is 9.90 Å². The van der Waals surface area contributed by atoms with E-state index in [9.17, 15) is 4.79 Å². The SMILES string of the molecule is O=C1NCCCCC1CC=CO. The Kier molecular flexibility index (Phi) is 3.64. The molecule has 1 saturated heterocycles. The third-order valence-electron chi connectivity index (χ3n) is 2.18. The summed E-state index contributed by atoms with van der Waals surface area (Å²) in [6.45, 7) is 0.804. The third kappa shape index (κ3) is 2.57. The molecule has 0 bridgehead atoms. The molecule has 0 aromatic rings. The molecule has 0 radical (unpaired) electrons. The number of allylic oxidation sites excluding steroid dienone is 1. The highest BCUT2D eigenvalue weighted by Crippen LogP contribution is 2.16. The molecule has 0 aliphatic carbocycles. The Labute approximate surface area is 72.5 Å². The van der Waals surface area contributed by atoms with E-state index < -0.39 is 0 Å². The van der Waals surface area contributed by atoms with Crippen LogP contribution >= 0.6 is 0 Å². The van der Waals surface area contributed by atoms with E-state index in [0.29, 0.717) is 6.42 Å². The predicted molar refractivity (Wildman–Crippen MR) is 46.7 cm³/mol. The number of aliphatic hydroxyl groups is 1. The maximum Gasteiger partial charge on any atom is 0.223 e. The molecule has 1 fully saturated rings. The van der Waals surface area contributed by atoms with E-state index in [1.54, 1.807) is 6.08 Å². The van der Waals surface area contributed by atoms with Crippen molar-refractivity contribution in [1.82, 2.24) is 5.32 Å². The van der Waals surface area contributed by atoms with E-state index >= 15 is 0 Å². The standard InChI is InChI=1S/C9H15NO2/c11-7-3-5-8-4-1-2-6-10-9(8)12/h3,7-8,11H,1-2,4-6H2,(H,10,12). The van der Waals surface area contributed by atoms with Gasteiger partial charge in [0.25, 0.3) is 0 Å². The smallest absolute Gasteiger partial charge is 0.223 e. The summed E-state index contributed by atoms with van der Waals surface area (Å²) >= 11 is 0. The maximum atomic E-state index is 11.3. The second kappa shape index (κ2) is 4.80. The largest absolute Gasteiger partial charge is 0.516 e. The summed E-state index contributed by atoms with van der Waals surface area (Å²) in [5.74, 6) is 0.196. The van der Waals surface area contributed by atoms with Crippen LogP contribution in [0.2, 0.25) is 0 Å². The second-order valence-corrected chi connectivity index (χ2v) is 3.10. The second-order valence-electron chi connectivity index (χ2n) is 3.10. The van der Waals surface area contributed by atoms with E-state index in [1.165, 1.54) is 0 Å². The average Bonchev–Trinajstić information content (AvgIpc) is 2.27. The lowest BCUT2D eigenvalue weighted by molar-refractivity contribution is -0.124. The molecule has 1 heterocycles. The Bertz CT molecular complexity index is 177. The minimum absolute atomic E-state index is 0.0656. The van der Waals surface area contributed by atoms with Crippen LogP contribution in [0.4, 0.5) is 0 Å². The van der Waals surface area contributed by atoms with Crippen LogP contribution in [-0.2, 0) is 4.79 Å². The van der Waals surface area contributed by atoms with Crippen LogP contribution < -0.4 is 5.32 Å². The molecular formula is C9H15NO2. The van der Waals surface area contributed by atoms with Crippen molar-refractivity contribution in [1.29, 1.82) is 0 Å². The van der Waals surface area contributed by atoms with Gasteiger partial charge in [-0.05, 0) is 25.3 Å². The van der Waals surface area contributed by atoms with Crippen molar-refractivity contribution in [3.63, 3.8) is 0 Å².